The maximum atomic E-state index is 9.12. The fraction of sp³-hybridized carbons (Fsp3) is 0.250. The summed E-state index contributed by atoms with van der Waals surface area (Å²) in [4.78, 5) is 6.95. The van der Waals surface area contributed by atoms with Crippen molar-refractivity contribution in [2.75, 3.05) is 13.2 Å². The van der Waals surface area contributed by atoms with Crippen molar-refractivity contribution >= 4 is 11.3 Å². The van der Waals surface area contributed by atoms with E-state index in [1.807, 2.05) is 12.1 Å². The number of hydrogen-bond acceptors (Lipinski definition) is 6. The van der Waals surface area contributed by atoms with Crippen LogP contribution in [0, 0.1) is 6.92 Å². The predicted molar refractivity (Wildman–Crippen MR) is 119 cm³/mol. The molecule has 0 saturated carbocycles. The highest BCUT2D eigenvalue weighted by molar-refractivity contribution is 7.15. The molecule has 5 rings (SSSR count). The van der Waals surface area contributed by atoms with Gasteiger partial charge in [0, 0.05) is 23.0 Å². The van der Waals surface area contributed by atoms with Crippen LogP contribution in [-0.4, -0.2) is 28.4 Å². The zero-order valence-electron chi connectivity index (χ0n) is 16.8. The average molecular weight is 418 g/mol. The molecular formula is C24H23N3O2S. The number of thiophene rings is 1. The first kappa shape index (κ1) is 19.2. The van der Waals surface area contributed by atoms with Gasteiger partial charge in [0.2, 0.25) is 5.82 Å². The van der Waals surface area contributed by atoms with Crippen molar-refractivity contribution < 1.29 is 9.63 Å². The summed E-state index contributed by atoms with van der Waals surface area (Å²) in [6.45, 7) is 2.87. The van der Waals surface area contributed by atoms with Gasteiger partial charge < -0.3 is 14.9 Å². The molecule has 2 aromatic heterocycles. The number of rotatable bonds is 6. The highest BCUT2D eigenvalue weighted by Crippen LogP contribution is 2.39. The number of benzene rings is 2. The third-order valence-corrected chi connectivity index (χ3v) is 6.69. The lowest BCUT2D eigenvalue weighted by Gasteiger charge is -2.13. The quantitative estimate of drug-likeness (QED) is 0.461. The Morgan fingerprint density at radius 1 is 1.13 bits per heavy atom. The van der Waals surface area contributed by atoms with Gasteiger partial charge in [-0.25, -0.2) is 0 Å². The molecule has 6 heteroatoms. The second kappa shape index (κ2) is 8.14. The minimum atomic E-state index is 0.144. The lowest BCUT2D eigenvalue weighted by Crippen LogP contribution is -2.22. The van der Waals surface area contributed by atoms with Gasteiger partial charge >= 0.3 is 0 Å². The number of hydrogen-bond donors (Lipinski definition) is 2. The number of nitrogens with zero attached hydrogens (tertiary/aromatic N) is 2. The normalized spacial score (nSPS) is 15.5. The first-order valence-corrected chi connectivity index (χ1v) is 11.0. The van der Waals surface area contributed by atoms with Crippen LogP contribution < -0.4 is 5.32 Å². The van der Waals surface area contributed by atoms with Crippen LogP contribution in [0.25, 0.3) is 33.3 Å². The van der Waals surface area contributed by atoms with E-state index in [1.54, 1.807) is 11.3 Å². The molecule has 152 valence electrons. The summed E-state index contributed by atoms with van der Waals surface area (Å²) in [5.74, 6) is 1.20. The van der Waals surface area contributed by atoms with Crippen molar-refractivity contribution in [3.05, 3.63) is 70.6 Å². The molecule has 2 heterocycles. The first-order chi connectivity index (χ1) is 14.7. The molecule has 0 bridgehead atoms. The number of aromatic nitrogens is 2. The van der Waals surface area contributed by atoms with E-state index < -0.39 is 0 Å². The van der Waals surface area contributed by atoms with Crippen molar-refractivity contribution in [1.82, 2.24) is 15.5 Å². The van der Waals surface area contributed by atoms with E-state index in [1.165, 1.54) is 27.1 Å². The summed E-state index contributed by atoms with van der Waals surface area (Å²) in [5, 5.41) is 16.8. The zero-order valence-corrected chi connectivity index (χ0v) is 17.6. The Kier molecular flexibility index (Phi) is 5.21. The maximum Gasteiger partial charge on any atom is 0.268 e. The van der Waals surface area contributed by atoms with Crippen molar-refractivity contribution in [2.45, 2.75) is 25.8 Å². The van der Waals surface area contributed by atoms with Gasteiger partial charge in [-0.3, -0.25) is 0 Å². The second-order valence-electron chi connectivity index (χ2n) is 7.51. The molecule has 0 radical (unpaired) electrons. The minimum absolute atomic E-state index is 0.144. The number of nitrogens with one attached hydrogen (secondary N) is 1. The molecule has 2 N–H and O–H groups in total. The fourth-order valence-corrected chi connectivity index (χ4v) is 5.20. The highest BCUT2D eigenvalue weighted by Gasteiger charge is 2.26. The molecule has 0 spiro atoms. The van der Waals surface area contributed by atoms with Gasteiger partial charge in [0.25, 0.3) is 5.89 Å². The van der Waals surface area contributed by atoms with Crippen molar-refractivity contribution in [2.24, 2.45) is 0 Å². The van der Waals surface area contributed by atoms with Crippen LogP contribution in [0.5, 0.6) is 0 Å². The van der Waals surface area contributed by atoms with Gasteiger partial charge in [-0.2, -0.15) is 4.98 Å². The van der Waals surface area contributed by atoms with E-state index in [2.05, 4.69) is 59.9 Å². The van der Waals surface area contributed by atoms with E-state index >= 15 is 0 Å². The molecule has 1 atom stereocenters. The molecule has 30 heavy (non-hydrogen) atoms. The van der Waals surface area contributed by atoms with Crippen LogP contribution in [0.1, 0.15) is 28.5 Å². The summed E-state index contributed by atoms with van der Waals surface area (Å²) >= 11 is 1.68. The van der Waals surface area contributed by atoms with Crippen molar-refractivity contribution in [3.63, 3.8) is 0 Å². The molecule has 1 aliphatic carbocycles. The maximum absolute atomic E-state index is 9.12. The molecule has 2 aromatic carbocycles. The van der Waals surface area contributed by atoms with E-state index in [0.717, 1.165) is 23.3 Å². The number of fused-ring (bicyclic) bond motifs is 1. The van der Waals surface area contributed by atoms with Gasteiger partial charge in [0.1, 0.15) is 0 Å². The lowest BCUT2D eigenvalue weighted by molar-refractivity contribution is 0.284. The van der Waals surface area contributed by atoms with E-state index in [9.17, 15) is 0 Å². The SMILES string of the molecule is Cc1sc(-c2nc(-c3cccc4c3CC[C@H]4NCCO)no2)cc1-c1ccccc1. The van der Waals surface area contributed by atoms with Crippen LogP contribution >= 0.6 is 11.3 Å². The predicted octanol–water partition coefficient (Wildman–Crippen LogP) is 5.01. The molecule has 0 aliphatic heterocycles. The summed E-state index contributed by atoms with van der Waals surface area (Å²) in [7, 11) is 0. The molecule has 4 aromatic rings. The molecule has 5 nitrogen and oxygen atoms in total. The Hall–Kier alpha value is -2.80. The molecule has 0 amide bonds. The average Bonchev–Trinajstić information content (AvgIpc) is 3.51. The molecule has 0 saturated heterocycles. The topological polar surface area (TPSA) is 71.2 Å². The third-order valence-electron chi connectivity index (χ3n) is 5.65. The van der Waals surface area contributed by atoms with Crippen molar-refractivity contribution in [3.8, 4) is 33.3 Å². The first-order valence-electron chi connectivity index (χ1n) is 10.2. The smallest absolute Gasteiger partial charge is 0.268 e. The fourth-order valence-electron chi connectivity index (χ4n) is 4.24. The zero-order chi connectivity index (χ0) is 20.5. The second-order valence-corrected chi connectivity index (χ2v) is 8.77. The minimum Gasteiger partial charge on any atom is -0.395 e. The molecule has 0 fully saturated rings. The lowest BCUT2D eigenvalue weighted by atomic mass is 10.0. The summed E-state index contributed by atoms with van der Waals surface area (Å²) < 4.78 is 5.66. The monoisotopic (exact) mass is 417 g/mol. The molecule has 0 unspecified atom stereocenters. The van der Waals surface area contributed by atoms with Gasteiger partial charge in [-0.1, -0.05) is 53.7 Å². The Morgan fingerprint density at radius 2 is 2.00 bits per heavy atom. The summed E-state index contributed by atoms with van der Waals surface area (Å²) in [6, 6.07) is 19.0. The van der Waals surface area contributed by atoms with E-state index in [-0.39, 0.29) is 12.6 Å². The van der Waals surface area contributed by atoms with E-state index in [0.29, 0.717) is 18.3 Å². The molecular weight excluding hydrogens is 394 g/mol. The molecule has 1 aliphatic rings. The Morgan fingerprint density at radius 3 is 2.83 bits per heavy atom. The number of aliphatic hydroxyl groups excluding tert-OH is 1. The Balaban J connectivity index is 1.46. The van der Waals surface area contributed by atoms with Crippen molar-refractivity contribution in [1.29, 1.82) is 0 Å². The van der Waals surface area contributed by atoms with Gasteiger partial charge in [-0.05, 0) is 48.1 Å². The third kappa shape index (κ3) is 3.47. The van der Waals surface area contributed by atoms with Gasteiger partial charge in [0.05, 0.1) is 11.5 Å². The number of aliphatic hydroxyl groups is 1. The van der Waals surface area contributed by atoms with Gasteiger partial charge in [0.15, 0.2) is 0 Å². The van der Waals surface area contributed by atoms with E-state index in [4.69, 9.17) is 14.6 Å². The number of aryl methyl sites for hydroxylation is 1. The van der Waals surface area contributed by atoms with Crippen LogP contribution in [0.3, 0.4) is 0 Å². The van der Waals surface area contributed by atoms with Crippen LogP contribution in [0.4, 0.5) is 0 Å². The van der Waals surface area contributed by atoms with Gasteiger partial charge in [-0.15, -0.1) is 11.3 Å². The Labute approximate surface area is 179 Å². The summed E-state index contributed by atoms with van der Waals surface area (Å²) in [5.41, 5.74) is 5.97. The standard InChI is InChI=1S/C24H23N3O2S/c1-15-20(16-6-3-2-4-7-16)14-22(30-15)24-26-23(27-29-24)19-9-5-8-18-17(19)10-11-21(18)25-12-13-28/h2-9,14,21,25,28H,10-13H2,1H3/t21-/m1/s1. The highest BCUT2D eigenvalue weighted by atomic mass is 32.1. The largest absolute Gasteiger partial charge is 0.395 e. The van der Waals surface area contributed by atoms with Crippen LogP contribution in [0.15, 0.2) is 59.1 Å². The summed E-state index contributed by atoms with van der Waals surface area (Å²) in [6.07, 6.45) is 1.98. The Bertz CT molecular complexity index is 1170. The van der Waals surface area contributed by atoms with Crippen LogP contribution in [-0.2, 0) is 6.42 Å². The van der Waals surface area contributed by atoms with Crippen LogP contribution in [0.2, 0.25) is 0 Å².